The van der Waals surface area contributed by atoms with E-state index in [9.17, 15) is 0 Å². The van der Waals surface area contributed by atoms with Crippen molar-refractivity contribution in [2.24, 2.45) is 0 Å². The van der Waals surface area contributed by atoms with Crippen molar-refractivity contribution in [3.63, 3.8) is 0 Å². The smallest absolute Gasteiger partial charge is 0.0892 e. The monoisotopic (exact) mass is 329 g/mol. The second kappa shape index (κ2) is 7.44. The summed E-state index contributed by atoms with van der Waals surface area (Å²) >= 11 is 5.99. The summed E-state index contributed by atoms with van der Waals surface area (Å²) in [5.41, 5.74) is 2.36. The molecular formula is C17H20ClN5. The summed E-state index contributed by atoms with van der Waals surface area (Å²) in [6.45, 7) is 4.53. The van der Waals surface area contributed by atoms with Gasteiger partial charge in [-0.1, -0.05) is 23.7 Å². The quantitative estimate of drug-likeness (QED) is 0.724. The second-order valence-corrected chi connectivity index (χ2v) is 5.83. The van der Waals surface area contributed by atoms with Gasteiger partial charge in [0.25, 0.3) is 0 Å². The number of hydrogen-bond donors (Lipinski definition) is 1. The summed E-state index contributed by atoms with van der Waals surface area (Å²) in [5.74, 6) is 0. The zero-order chi connectivity index (χ0) is 16.1. The molecule has 23 heavy (non-hydrogen) atoms. The highest BCUT2D eigenvalue weighted by molar-refractivity contribution is 6.30. The Morgan fingerprint density at radius 2 is 2.04 bits per heavy atom. The minimum absolute atomic E-state index is 0.128. The van der Waals surface area contributed by atoms with Gasteiger partial charge in [0.05, 0.1) is 12.2 Å². The Balaban J connectivity index is 1.68. The Bertz CT molecular complexity index is 718. The first-order chi connectivity index (χ1) is 11.3. The van der Waals surface area contributed by atoms with E-state index in [2.05, 4.69) is 28.6 Å². The van der Waals surface area contributed by atoms with Crippen molar-refractivity contribution in [1.29, 1.82) is 0 Å². The molecule has 0 spiro atoms. The average Bonchev–Trinajstić information content (AvgIpc) is 3.24. The topological polar surface area (TPSA) is 47.7 Å². The molecule has 0 aliphatic carbocycles. The fourth-order valence-corrected chi connectivity index (χ4v) is 2.66. The number of halogens is 1. The van der Waals surface area contributed by atoms with Gasteiger partial charge in [-0.2, -0.15) is 10.2 Å². The van der Waals surface area contributed by atoms with Gasteiger partial charge in [0.15, 0.2) is 0 Å². The van der Waals surface area contributed by atoms with Crippen molar-refractivity contribution in [2.45, 2.75) is 26.1 Å². The van der Waals surface area contributed by atoms with Crippen LogP contribution < -0.4 is 5.32 Å². The molecule has 2 aromatic heterocycles. The molecule has 0 radical (unpaired) electrons. The molecule has 0 saturated heterocycles. The zero-order valence-corrected chi connectivity index (χ0v) is 13.8. The summed E-state index contributed by atoms with van der Waals surface area (Å²) in [6, 6.07) is 9.99. The highest BCUT2D eigenvalue weighted by Gasteiger charge is 2.13. The predicted octanol–water partition coefficient (Wildman–Crippen LogP) is 3.13. The van der Waals surface area contributed by atoms with E-state index in [0.717, 1.165) is 24.7 Å². The molecule has 2 heterocycles. The Morgan fingerprint density at radius 1 is 1.22 bits per heavy atom. The standard InChI is InChI=1S/C17H20ClN5/c1-2-22-13-14(11-21-22)10-19-12-17(23-9-3-8-20-23)15-4-6-16(18)7-5-15/h3-9,11,13,17,19H,2,10,12H2,1H3/t17-/m1/s1. The molecule has 0 aliphatic heterocycles. The van der Waals surface area contributed by atoms with Gasteiger partial charge in [-0.15, -0.1) is 0 Å². The fourth-order valence-electron chi connectivity index (χ4n) is 2.54. The van der Waals surface area contributed by atoms with Crippen LogP contribution in [-0.2, 0) is 13.1 Å². The largest absolute Gasteiger partial charge is 0.310 e. The normalized spacial score (nSPS) is 12.4. The third-order valence-corrected chi connectivity index (χ3v) is 4.03. The maximum absolute atomic E-state index is 5.99. The van der Waals surface area contributed by atoms with Gasteiger partial charge in [-0.25, -0.2) is 0 Å². The SMILES string of the molecule is CCn1cc(CNC[C@H](c2ccc(Cl)cc2)n2cccn2)cn1. The van der Waals surface area contributed by atoms with E-state index in [-0.39, 0.29) is 6.04 Å². The van der Waals surface area contributed by atoms with Gasteiger partial charge in [0.1, 0.15) is 0 Å². The Hall–Kier alpha value is -2.11. The van der Waals surface area contributed by atoms with E-state index < -0.39 is 0 Å². The lowest BCUT2D eigenvalue weighted by molar-refractivity contribution is 0.480. The number of hydrogen-bond acceptors (Lipinski definition) is 3. The number of rotatable bonds is 7. The van der Waals surface area contributed by atoms with E-state index in [1.54, 1.807) is 6.20 Å². The molecule has 120 valence electrons. The number of benzene rings is 1. The molecule has 0 bridgehead atoms. The maximum Gasteiger partial charge on any atom is 0.0892 e. The third kappa shape index (κ3) is 4.00. The van der Waals surface area contributed by atoms with Crippen LogP contribution >= 0.6 is 11.6 Å². The first-order valence-electron chi connectivity index (χ1n) is 7.73. The molecule has 0 aliphatic rings. The van der Waals surface area contributed by atoms with Crippen LogP contribution in [0.2, 0.25) is 5.02 Å². The average molecular weight is 330 g/mol. The summed E-state index contributed by atoms with van der Waals surface area (Å²) < 4.78 is 3.90. The number of aryl methyl sites for hydroxylation is 1. The van der Waals surface area contributed by atoms with Crippen LogP contribution in [0, 0.1) is 0 Å². The van der Waals surface area contributed by atoms with Crippen molar-refractivity contribution in [1.82, 2.24) is 24.9 Å². The predicted molar refractivity (Wildman–Crippen MR) is 91.4 cm³/mol. The van der Waals surface area contributed by atoms with Crippen LogP contribution in [0.25, 0.3) is 0 Å². The highest BCUT2D eigenvalue weighted by Crippen LogP contribution is 2.19. The molecule has 0 saturated carbocycles. The van der Waals surface area contributed by atoms with Crippen LogP contribution in [0.15, 0.2) is 55.1 Å². The zero-order valence-electron chi connectivity index (χ0n) is 13.1. The van der Waals surface area contributed by atoms with Crippen LogP contribution in [0.5, 0.6) is 0 Å². The third-order valence-electron chi connectivity index (χ3n) is 3.78. The lowest BCUT2D eigenvalue weighted by atomic mass is 10.1. The van der Waals surface area contributed by atoms with Gasteiger partial charge in [-0.05, 0) is 30.7 Å². The van der Waals surface area contributed by atoms with Crippen LogP contribution in [0.4, 0.5) is 0 Å². The van der Waals surface area contributed by atoms with E-state index in [1.165, 1.54) is 11.1 Å². The fraction of sp³-hybridized carbons (Fsp3) is 0.294. The van der Waals surface area contributed by atoms with E-state index in [0.29, 0.717) is 0 Å². The minimum atomic E-state index is 0.128. The molecular weight excluding hydrogens is 310 g/mol. The molecule has 0 amide bonds. The lowest BCUT2D eigenvalue weighted by Crippen LogP contribution is -2.26. The van der Waals surface area contributed by atoms with Gasteiger partial charge in [-0.3, -0.25) is 9.36 Å². The van der Waals surface area contributed by atoms with Gasteiger partial charge >= 0.3 is 0 Å². The highest BCUT2D eigenvalue weighted by atomic mass is 35.5. The van der Waals surface area contributed by atoms with Crippen molar-refractivity contribution < 1.29 is 0 Å². The van der Waals surface area contributed by atoms with E-state index in [4.69, 9.17) is 11.6 Å². The number of nitrogens with one attached hydrogen (secondary N) is 1. The van der Waals surface area contributed by atoms with Gasteiger partial charge in [0, 0.05) is 48.8 Å². The van der Waals surface area contributed by atoms with Gasteiger partial charge < -0.3 is 5.32 Å². The van der Waals surface area contributed by atoms with Crippen LogP contribution in [0.1, 0.15) is 24.1 Å². The number of nitrogens with zero attached hydrogens (tertiary/aromatic N) is 4. The Labute approximate surface area is 140 Å². The molecule has 1 N–H and O–H groups in total. The molecule has 1 atom stereocenters. The van der Waals surface area contributed by atoms with Crippen molar-refractivity contribution in [2.75, 3.05) is 6.54 Å². The van der Waals surface area contributed by atoms with Crippen molar-refractivity contribution in [3.8, 4) is 0 Å². The Kier molecular flexibility index (Phi) is 5.10. The molecule has 3 rings (SSSR count). The number of aromatic nitrogens is 4. The van der Waals surface area contributed by atoms with Crippen molar-refractivity contribution >= 4 is 11.6 Å². The van der Waals surface area contributed by atoms with Crippen LogP contribution in [-0.4, -0.2) is 26.1 Å². The summed E-state index contributed by atoms with van der Waals surface area (Å²) in [7, 11) is 0. The van der Waals surface area contributed by atoms with Crippen molar-refractivity contribution in [3.05, 3.63) is 71.3 Å². The molecule has 3 aromatic rings. The second-order valence-electron chi connectivity index (χ2n) is 5.39. The molecule has 0 fully saturated rings. The first-order valence-corrected chi connectivity index (χ1v) is 8.10. The summed E-state index contributed by atoms with van der Waals surface area (Å²) in [6.07, 6.45) is 7.75. The summed E-state index contributed by atoms with van der Waals surface area (Å²) in [4.78, 5) is 0. The van der Waals surface area contributed by atoms with Gasteiger partial charge in [0.2, 0.25) is 0 Å². The Morgan fingerprint density at radius 3 is 2.70 bits per heavy atom. The van der Waals surface area contributed by atoms with E-state index >= 15 is 0 Å². The molecule has 6 heteroatoms. The molecule has 0 unspecified atom stereocenters. The van der Waals surface area contributed by atoms with Crippen LogP contribution in [0.3, 0.4) is 0 Å². The minimum Gasteiger partial charge on any atom is -0.310 e. The maximum atomic E-state index is 5.99. The molecule has 1 aromatic carbocycles. The molecule has 5 nitrogen and oxygen atoms in total. The lowest BCUT2D eigenvalue weighted by Gasteiger charge is -2.19. The van der Waals surface area contributed by atoms with E-state index in [1.807, 2.05) is 52.1 Å². The first kappa shape index (κ1) is 15.8. The summed E-state index contributed by atoms with van der Waals surface area (Å²) in [5, 5.41) is 12.9.